The normalized spacial score (nSPS) is 22.3. The number of nitrogens with one attached hydrogen (secondary N) is 1. The van der Waals surface area contributed by atoms with E-state index in [2.05, 4.69) is 17.3 Å². The minimum absolute atomic E-state index is 0. The molecule has 2 rings (SSSR count). The SMILES string of the molecule is CN(CCC1CCNCC1)C1CCCCC1.Cl.Cl. The van der Waals surface area contributed by atoms with Gasteiger partial charge in [-0.25, -0.2) is 0 Å². The molecule has 0 atom stereocenters. The van der Waals surface area contributed by atoms with E-state index in [0.717, 1.165) is 12.0 Å². The fourth-order valence-electron chi connectivity index (χ4n) is 3.26. The highest BCUT2D eigenvalue weighted by molar-refractivity contribution is 5.85. The standard InChI is InChI=1S/C14H28N2.2ClH/c1-16(14-5-3-2-4-6-14)12-9-13-7-10-15-11-8-13;;/h13-15H,2-12H2,1H3;2*1H. The van der Waals surface area contributed by atoms with E-state index in [-0.39, 0.29) is 24.8 Å². The quantitative estimate of drug-likeness (QED) is 0.854. The van der Waals surface area contributed by atoms with E-state index in [4.69, 9.17) is 0 Å². The Bertz CT molecular complexity index is 190. The Morgan fingerprint density at radius 3 is 2.17 bits per heavy atom. The Hall–Kier alpha value is 0.500. The lowest BCUT2D eigenvalue weighted by molar-refractivity contribution is 0.174. The average Bonchev–Trinajstić information content (AvgIpc) is 2.38. The fraction of sp³-hybridized carbons (Fsp3) is 1.00. The van der Waals surface area contributed by atoms with Crippen LogP contribution in [0.25, 0.3) is 0 Å². The third-order valence-corrected chi connectivity index (χ3v) is 4.55. The largest absolute Gasteiger partial charge is 0.317 e. The van der Waals surface area contributed by atoms with Crippen LogP contribution in [-0.2, 0) is 0 Å². The van der Waals surface area contributed by atoms with Crippen LogP contribution in [0, 0.1) is 5.92 Å². The molecule has 1 aliphatic heterocycles. The molecular formula is C14H30Cl2N2. The molecule has 1 saturated carbocycles. The van der Waals surface area contributed by atoms with Crippen molar-refractivity contribution < 1.29 is 0 Å². The smallest absolute Gasteiger partial charge is 0.00922 e. The molecule has 2 aliphatic rings. The molecule has 1 heterocycles. The molecule has 2 fully saturated rings. The van der Waals surface area contributed by atoms with Crippen molar-refractivity contribution in [3.63, 3.8) is 0 Å². The van der Waals surface area contributed by atoms with Gasteiger partial charge in [-0.05, 0) is 64.7 Å². The van der Waals surface area contributed by atoms with Crippen LogP contribution in [0.3, 0.4) is 0 Å². The maximum absolute atomic E-state index is 3.45. The van der Waals surface area contributed by atoms with Crippen molar-refractivity contribution in [2.75, 3.05) is 26.7 Å². The Balaban J connectivity index is 0.00000144. The lowest BCUT2D eigenvalue weighted by atomic mass is 9.92. The lowest BCUT2D eigenvalue weighted by Gasteiger charge is -2.32. The van der Waals surface area contributed by atoms with Crippen LogP contribution in [0.4, 0.5) is 0 Å². The van der Waals surface area contributed by atoms with Gasteiger partial charge in [-0.2, -0.15) is 0 Å². The van der Waals surface area contributed by atoms with Crippen molar-refractivity contribution in [1.29, 1.82) is 0 Å². The van der Waals surface area contributed by atoms with Gasteiger partial charge < -0.3 is 10.2 Å². The summed E-state index contributed by atoms with van der Waals surface area (Å²) in [7, 11) is 2.34. The third kappa shape index (κ3) is 6.10. The van der Waals surface area contributed by atoms with Gasteiger partial charge in [0.15, 0.2) is 0 Å². The summed E-state index contributed by atoms with van der Waals surface area (Å²) in [5, 5.41) is 3.45. The summed E-state index contributed by atoms with van der Waals surface area (Å²) in [6.07, 6.45) is 11.5. The number of piperidine rings is 1. The van der Waals surface area contributed by atoms with Crippen molar-refractivity contribution in [2.45, 2.75) is 57.4 Å². The number of hydrogen-bond donors (Lipinski definition) is 1. The van der Waals surface area contributed by atoms with Gasteiger partial charge in [0.25, 0.3) is 0 Å². The van der Waals surface area contributed by atoms with Crippen molar-refractivity contribution in [3.05, 3.63) is 0 Å². The van der Waals surface area contributed by atoms with Crippen LogP contribution in [0.2, 0.25) is 0 Å². The molecule has 4 heteroatoms. The average molecular weight is 297 g/mol. The van der Waals surface area contributed by atoms with Gasteiger partial charge >= 0.3 is 0 Å². The molecule has 0 aromatic carbocycles. The van der Waals surface area contributed by atoms with Crippen molar-refractivity contribution in [3.8, 4) is 0 Å². The minimum Gasteiger partial charge on any atom is -0.317 e. The molecule has 1 aliphatic carbocycles. The first-order valence-electron chi connectivity index (χ1n) is 7.27. The third-order valence-electron chi connectivity index (χ3n) is 4.55. The molecule has 2 nitrogen and oxygen atoms in total. The van der Waals surface area contributed by atoms with E-state index >= 15 is 0 Å². The highest BCUT2D eigenvalue weighted by atomic mass is 35.5. The zero-order chi connectivity index (χ0) is 11.2. The zero-order valence-electron chi connectivity index (χ0n) is 11.7. The minimum atomic E-state index is 0. The zero-order valence-corrected chi connectivity index (χ0v) is 13.3. The van der Waals surface area contributed by atoms with E-state index in [9.17, 15) is 0 Å². The summed E-state index contributed by atoms with van der Waals surface area (Å²) in [5.74, 6) is 0.993. The number of halogens is 2. The lowest BCUT2D eigenvalue weighted by Crippen LogP contribution is -2.36. The Morgan fingerprint density at radius 1 is 0.944 bits per heavy atom. The van der Waals surface area contributed by atoms with E-state index in [1.807, 2.05) is 0 Å². The maximum atomic E-state index is 3.45. The Labute approximate surface area is 125 Å². The first-order valence-corrected chi connectivity index (χ1v) is 7.27. The summed E-state index contributed by atoms with van der Waals surface area (Å²) in [5.41, 5.74) is 0. The summed E-state index contributed by atoms with van der Waals surface area (Å²) >= 11 is 0. The van der Waals surface area contributed by atoms with Gasteiger partial charge in [0.2, 0.25) is 0 Å². The molecule has 1 N–H and O–H groups in total. The molecule has 0 spiro atoms. The van der Waals surface area contributed by atoms with Gasteiger partial charge in [0.1, 0.15) is 0 Å². The Kier molecular flexibility index (Phi) is 10.6. The predicted molar refractivity (Wildman–Crippen MR) is 84.2 cm³/mol. The molecule has 110 valence electrons. The van der Waals surface area contributed by atoms with Crippen molar-refractivity contribution >= 4 is 24.8 Å². The number of hydrogen-bond acceptors (Lipinski definition) is 2. The topological polar surface area (TPSA) is 15.3 Å². The molecule has 0 bridgehead atoms. The van der Waals surface area contributed by atoms with Crippen molar-refractivity contribution in [1.82, 2.24) is 10.2 Å². The maximum Gasteiger partial charge on any atom is 0.00922 e. The van der Waals surface area contributed by atoms with Gasteiger partial charge in [-0.1, -0.05) is 19.3 Å². The molecule has 0 amide bonds. The van der Waals surface area contributed by atoms with Gasteiger partial charge in [-0.3, -0.25) is 0 Å². The van der Waals surface area contributed by atoms with Gasteiger partial charge in [0, 0.05) is 6.04 Å². The summed E-state index contributed by atoms with van der Waals surface area (Å²) < 4.78 is 0. The molecular weight excluding hydrogens is 267 g/mol. The highest BCUT2D eigenvalue weighted by Crippen LogP contribution is 2.23. The Morgan fingerprint density at radius 2 is 1.56 bits per heavy atom. The molecule has 0 aromatic heterocycles. The summed E-state index contributed by atoms with van der Waals surface area (Å²) in [4.78, 5) is 2.64. The predicted octanol–water partition coefficient (Wildman–Crippen LogP) is 3.48. The van der Waals surface area contributed by atoms with Crippen LogP contribution in [0.5, 0.6) is 0 Å². The molecule has 0 radical (unpaired) electrons. The highest BCUT2D eigenvalue weighted by Gasteiger charge is 2.19. The molecule has 18 heavy (non-hydrogen) atoms. The second-order valence-electron chi connectivity index (χ2n) is 5.75. The number of rotatable bonds is 4. The molecule has 0 unspecified atom stereocenters. The summed E-state index contributed by atoms with van der Waals surface area (Å²) in [6, 6.07) is 0.899. The fourth-order valence-corrected chi connectivity index (χ4v) is 3.26. The van der Waals surface area contributed by atoms with Crippen LogP contribution >= 0.6 is 24.8 Å². The van der Waals surface area contributed by atoms with E-state index in [1.165, 1.54) is 71.0 Å². The van der Waals surface area contributed by atoms with Crippen LogP contribution in [0.15, 0.2) is 0 Å². The second-order valence-corrected chi connectivity index (χ2v) is 5.75. The van der Waals surface area contributed by atoms with Crippen LogP contribution in [-0.4, -0.2) is 37.6 Å². The van der Waals surface area contributed by atoms with Gasteiger partial charge in [0.05, 0.1) is 0 Å². The van der Waals surface area contributed by atoms with E-state index in [1.54, 1.807) is 0 Å². The first kappa shape index (κ1) is 18.5. The van der Waals surface area contributed by atoms with Gasteiger partial charge in [-0.15, -0.1) is 24.8 Å². The molecule has 1 saturated heterocycles. The van der Waals surface area contributed by atoms with Crippen LogP contribution in [0.1, 0.15) is 51.4 Å². The van der Waals surface area contributed by atoms with Crippen molar-refractivity contribution in [2.24, 2.45) is 5.92 Å². The second kappa shape index (κ2) is 10.3. The number of nitrogens with zero attached hydrogens (tertiary/aromatic N) is 1. The summed E-state index contributed by atoms with van der Waals surface area (Å²) in [6.45, 7) is 3.82. The van der Waals surface area contributed by atoms with Crippen LogP contribution < -0.4 is 5.32 Å². The molecule has 0 aromatic rings. The van der Waals surface area contributed by atoms with E-state index in [0.29, 0.717) is 0 Å². The van der Waals surface area contributed by atoms with E-state index < -0.39 is 0 Å². The monoisotopic (exact) mass is 296 g/mol. The first-order chi connectivity index (χ1) is 7.86.